The molecule has 3 rings (SSSR count). The lowest BCUT2D eigenvalue weighted by atomic mass is 9.91. The number of H-pyrrole nitrogens is 1. The van der Waals surface area contributed by atoms with Gasteiger partial charge in [-0.15, -0.1) is 0 Å². The molecule has 1 aliphatic heterocycles. The number of nitrogens with one attached hydrogen (secondary N) is 1. The van der Waals surface area contributed by atoms with Crippen LogP contribution in [0.1, 0.15) is 35.6 Å². The fraction of sp³-hybridized carbons (Fsp3) is 0.412. The van der Waals surface area contributed by atoms with Crippen LogP contribution in [0.2, 0.25) is 0 Å². The van der Waals surface area contributed by atoms with Gasteiger partial charge in [-0.2, -0.15) is 5.10 Å². The van der Waals surface area contributed by atoms with Crippen LogP contribution in [-0.4, -0.2) is 45.8 Å². The number of amides is 1. The molecular formula is C17H21N3O2. The lowest BCUT2D eigenvalue weighted by Crippen LogP contribution is -2.40. The summed E-state index contributed by atoms with van der Waals surface area (Å²) < 4.78 is 0. The van der Waals surface area contributed by atoms with Gasteiger partial charge in [-0.05, 0) is 24.0 Å². The van der Waals surface area contributed by atoms with Crippen molar-refractivity contribution >= 4 is 5.91 Å². The largest absolute Gasteiger partial charge is 0.387 e. The van der Waals surface area contributed by atoms with Crippen molar-refractivity contribution < 1.29 is 9.90 Å². The topological polar surface area (TPSA) is 69.2 Å². The monoisotopic (exact) mass is 299 g/mol. The number of aliphatic hydroxyl groups excluding tert-OH is 1. The third kappa shape index (κ3) is 3.20. The molecule has 5 heteroatoms. The van der Waals surface area contributed by atoms with Crippen LogP contribution in [0.25, 0.3) is 0 Å². The summed E-state index contributed by atoms with van der Waals surface area (Å²) >= 11 is 0. The Hall–Kier alpha value is -2.14. The van der Waals surface area contributed by atoms with Gasteiger partial charge in [0, 0.05) is 31.1 Å². The van der Waals surface area contributed by atoms with E-state index < -0.39 is 6.61 Å². The summed E-state index contributed by atoms with van der Waals surface area (Å²) in [5.41, 5.74) is 3.57. The molecular weight excluding hydrogens is 278 g/mol. The van der Waals surface area contributed by atoms with Gasteiger partial charge < -0.3 is 10.0 Å². The summed E-state index contributed by atoms with van der Waals surface area (Å²) in [5, 5.41) is 16.4. The zero-order chi connectivity index (χ0) is 15.4. The van der Waals surface area contributed by atoms with Gasteiger partial charge in [0.1, 0.15) is 6.61 Å². The average molecular weight is 299 g/mol. The Morgan fingerprint density at radius 1 is 1.36 bits per heavy atom. The third-order valence-electron chi connectivity index (χ3n) is 4.31. The van der Waals surface area contributed by atoms with E-state index in [1.807, 2.05) is 24.4 Å². The molecule has 0 radical (unpaired) electrons. The number of aromatic nitrogens is 2. The minimum Gasteiger partial charge on any atom is -0.387 e. The summed E-state index contributed by atoms with van der Waals surface area (Å²) in [5.74, 6) is 0.0827. The predicted octanol–water partition coefficient (Wildman–Crippen LogP) is 1.70. The van der Waals surface area contributed by atoms with Crippen LogP contribution in [0, 0.1) is 0 Å². The summed E-state index contributed by atoms with van der Waals surface area (Å²) in [6.45, 7) is 0.980. The number of likely N-dealkylation sites (tertiary alicyclic amines) is 1. The smallest absolute Gasteiger partial charge is 0.248 e. The molecule has 0 spiro atoms. The molecule has 1 saturated heterocycles. The average Bonchev–Trinajstić information content (AvgIpc) is 3.03. The van der Waals surface area contributed by atoms with Crippen LogP contribution >= 0.6 is 0 Å². The highest BCUT2D eigenvalue weighted by molar-refractivity contribution is 5.77. The Morgan fingerprint density at radius 2 is 2.18 bits per heavy atom. The van der Waals surface area contributed by atoms with Gasteiger partial charge in [-0.1, -0.05) is 30.3 Å². The summed E-state index contributed by atoms with van der Waals surface area (Å²) in [4.78, 5) is 13.5. The van der Waals surface area contributed by atoms with Gasteiger partial charge in [-0.25, -0.2) is 0 Å². The SMILES string of the molecule is O=C(CO)N1CCC[C@@H](c2[nH]ncc2Cc2ccccc2)C1. The highest BCUT2D eigenvalue weighted by Gasteiger charge is 2.26. The maximum Gasteiger partial charge on any atom is 0.248 e. The van der Waals surface area contributed by atoms with E-state index in [0.717, 1.165) is 31.5 Å². The molecule has 1 aliphatic rings. The second-order valence-electron chi connectivity index (χ2n) is 5.81. The van der Waals surface area contributed by atoms with Crippen LogP contribution in [0.3, 0.4) is 0 Å². The van der Waals surface area contributed by atoms with E-state index in [1.165, 1.54) is 11.1 Å². The maximum atomic E-state index is 11.7. The van der Waals surface area contributed by atoms with Crippen LogP contribution in [0.15, 0.2) is 36.5 Å². The van der Waals surface area contributed by atoms with Gasteiger partial charge in [0.15, 0.2) is 0 Å². The lowest BCUT2D eigenvalue weighted by molar-refractivity contribution is -0.135. The third-order valence-corrected chi connectivity index (χ3v) is 4.31. The van der Waals surface area contributed by atoms with Crippen molar-refractivity contribution in [1.29, 1.82) is 0 Å². The summed E-state index contributed by atoms with van der Waals surface area (Å²) in [6, 6.07) is 10.3. The molecule has 0 aliphatic carbocycles. The first-order chi connectivity index (χ1) is 10.8. The van der Waals surface area contributed by atoms with Crippen LogP contribution in [-0.2, 0) is 11.2 Å². The van der Waals surface area contributed by atoms with Gasteiger partial charge in [0.2, 0.25) is 5.91 Å². The van der Waals surface area contributed by atoms with Gasteiger partial charge in [0.05, 0.1) is 6.20 Å². The van der Waals surface area contributed by atoms with Crippen molar-refractivity contribution in [3.05, 3.63) is 53.3 Å². The van der Waals surface area contributed by atoms with Crippen molar-refractivity contribution in [2.75, 3.05) is 19.7 Å². The molecule has 1 aromatic carbocycles. The number of nitrogens with zero attached hydrogens (tertiary/aromatic N) is 2. The predicted molar refractivity (Wildman–Crippen MR) is 83.5 cm³/mol. The molecule has 0 saturated carbocycles. The Kier molecular flexibility index (Phi) is 4.53. The number of piperidine rings is 1. The van der Waals surface area contributed by atoms with Gasteiger partial charge >= 0.3 is 0 Å². The maximum absolute atomic E-state index is 11.7. The fourth-order valence-corrected chi connectivity index (χ4v) is 3.17. The minimum atomic E-state index is -0.410. The van der Waals surface area contributed by atoms with E-state index in [2.05, 4.69) is 22.3 Å². The molecule has 22 heavy (non-hydrogen) atoms. The molecule has 2 N–H and O–H groups in total. The second-order valence-corrected chi connectivity index (χ2v) is 5.81. The molecule has 5 nitrogen and oxygen atoms in total. The molecule has 1 fully saturated rings. The summed E-state index contributed by atoms with van der Waals surface area (Å²) in [6.07, 6.45) is 4.73. The zero-order valence-corrected chi connectivity index (χ0v) is 12.5. The van der Waals surface area contributed by atoms with Crippen molar-refractivity contribution in [2.45, 2.75) is 25.2 Å². The molecule has 0 unspecified atom stereocenters. The molecule has 2 heterocycles. The highest BCUT2D eigenvalue weighted by Crippen LogP contribution is 2.28. The van der Waals surface area contributed by atoms with E-state index in [1.54, 1.807) is 4.90 Å². The highest BCUT2D eigenvalue weighted by atomic mass is 16.3. The van der Waals surface area contributed by atoms with E-state index in [-0.39, 0.29) is 11.8 Å². The first kappa shape index (κ1) is 14.8. The second kappa shape index (κ2) is 6.75. The van der Waals surface area contributed by atoms with Crippen molar-refractivity contribution in [3.8, 4) is 0 Å². The number of aromatic amines is 1. The number of benzene rings is 1. The number of aliphatic hydroxyl groups is 1. The Balaban J connectivity index is 1.75. The minimum absolute atomic E-state index is 0.186. The molecule has 0 bridgehead atoms. The summed E-state index contributed by atoms with van der Waals surface area (Å²) in [7, 11) is 0. The van der Waals surface area contributed by atoms with Crippen molar-refractivity contribution in [3.63, 3.8) is 0 Å². The Morgan fingerprint density at radius 3 is 2.95 bits per heavy atom. The molecule has 1 amide bonds. The zero-order valence-electron chi connectivity index (χ0n) is 12.5. The van der Waals surface area contributed by atoms with E-state index in [4.69, 9.17) is 5.11 Å². The Labute approximate surface area is 130 Å². The van der Waals surface area contributed by atoms with Gasteiger partial charge in [-0.3, -0.25) is 9.89 Å². The fourth-order valence-electron chi connectivity index (χ4n) is 3.17. The number of carbonyl (C=O) groups excluding carboxylic acids is 1. The van der Waals surface area contributed by atoms with E-state index >= 15 is 0 Å². The van der Waals surface area contributed by atoms with E-state index in [9.17, 15) is 4.79 Å². The molecule has 2 aromatic rings. The molecule has 116 valence electrons. The number of carbonyl (C=O) groups is 1. The quantitative estimate of drug-likeness (QED) is 0.903. The first-order valence-electron chi connectivity index (χ1n) is 7.72. The normalized spacial score (nSPS) is 18.4. The molecule has 1 aromatic heterocycles. The lowest BCUT2D eigenvalue weighted by Gasteiger charge is -2.32. The first-order valence-corrected chi connectivity index (χ1v) is 7.72. The van der Waals surface area contributed by atoms with Crippen LogP contribution < -0.4 is 0 Å². The van der Waals surface area contributed by atoms with E-state index in [0.29, 0.717) is 6.54 Å². The standard InChI is InChI=1S/C17H21N3O2/c21-12-16(22)20-8-4-7-14(11-20)17-15(10-18-19-17)9-13-5-2-1-3-6-13/h1-3,5-6,10,14,21H,4,7-9,11-12H2,(H,18,19)/t14-/m1/s1. The van der Waals surface area contributed by atoms with Gasteiger partial charge in [0.25, 0.3) is 0 Å². The Bertz CT molecular complexity index is 624. The van der Waals surface area contributed by atoms with Crippen molar-refractivity contribution in [1.82, 2.24) is 15.1 Å². The number of rotatable bonds is 4. The molecule has 1 atom stereocenters. The van der Waals surface area contributed by atoms with Crippen molar-refractivity contribution in [2.24, 2.45) is 0 Å². The van der Waals surface area contributed by atoms with Crippen LogP contribution in [0.4, 0.5) is 0 Å². The number of hydrogen-bond donors (Lipinski definition) is 2. The van der Waals surface area contributed by atoms with Crippen LogP contribution in [0.5, 0.6) is 0 Å². The number of hydrogen-bond acceptors (Lipinski definition) is 3.